The van der Waals surface area contributed by atoms with Crippen molar-refractivity contribution in [2.24, 2.45) is 0 Å². The van der Waals surface area contributed by atoms with Crippen LogP contribution in [0.15, 0.2) is 57.5 Å². The molecule has 1 heterocycles. The number of ether oxygens (including phenoxy) is 1. The molecule has 0 saturated heterocycles. The van der Waals surface area contributed by atoms with Crippen LogP contribution in [-0.2, 0) is 0 Å². The van der Waals surface area contributed by atoms with Gasteiger partial charge < -0.3 is 9.26 Å². The summed E-state index contributed by atoms with van der Waals surface area (Å²) >= 11 is 9.66. The van der Waals surface area contributed by atoms with Crippen molar-refractivity contribution < 1.29 is 9.26 Å². The lowest BCUT2D eigenvalue weighted by molar-refractivity contribution is 0.409. The molecule has 1 aromatic heterocycles. The fourth-order valence-electron chi connectivity index (χ4n) is 1.97. The zero-order chi connectivity index (χ0) is 16.2. The summed E-state index contributed by atoms with van der Waals surface area (Å²) in [4.78, 5) is 4.33. The van der Waals surface area contributed by atoms with E-state index in [2.05, 4.69) is 26.1 Å². The Labute approximate surface area is 146 Å². The highest BCUT2D eigenvalue weighted by molar-refractivity contribution is 9.10. The maximum atomic E-state index is 6.27. The van der Waals surface area contributed by atoms with E-state index >= 15 is 0 Å². The fraction of sp³-hybridized carbons (Fsp3) is 0.0588. The molecule has 0 aliphatic heterocycles. The number of benzene rings is 2. The summed E-state index contributed by atoms with van der Waals surface area (Å²) in [5, 5.41) is 4.35. The molecule has 0 saturated carbocycles. The predicted octanol–water partition coefficient (Wildman–Crippen LogP) is 5.24. The Morgan fingerprint density at radius 2 is 2.00 bits per heavy atom. The van der Waals surface area contributed by atoms with Gasteiger partial charge in [0.1, 0.15) is 10.8 Å². The minimum Gasteiger partial charge on any atom is -0.497 e. The molecule has 0 spiro atoms. The van der Waals surface area contributed by atoms with Crippen molar-refractivity contribution in [3.8, 4) is 17.1 Å². The van der Waals surface area contributed by atoms with Crippen molar-refractivity contribution in [1.82, 2.24) is 10.1 Å². The monoisotopic (exact) mass is 390 g/mol. The second-order valence-electron chi connectivity index (χ2n) is 4.70. The number of nitrogens with zero attached hydrogens (tertiary/aromatic N) is 2. The molecule has 0 aliphatic rings. The second kappa shape index (κ2) is 6.98. The first-order valence-electron chi connectivity index (χ1n) is 6.77. The van der Waals surface area contributed by atoms with Crippen molar-refractivity contribution in [3.05, 3.63) is 64.5 Å². The van der Waals surface area contributed by atoms with E-state index in [9.17, 15) is 0 Å². The van der Waals surface area contributed by atoms with Crippen LogP contribution in [0.2, 0.25) is 0 Å². The Morgan fingerprint density at radius 1 is 1.22 bits per heavy atom. The molecular weight excluding hydrogens is 380 g/mol. The van der Waals surface area contributed by atoms with Gasteiger partial charge in [-0.3, -0.25) is 0 Å². The van der Waals surface area contributed by atoms with Gasteiger partial charge in [-0.15, -0.1) is 0 Å². The van der Waals surface area contributed by atoms with Crippen molar-refractivity contribution in [2.45, 2.75) is 0 Å². The largest absolute Gasteiger partial charge is 0.497 e. The van der Waals surface area contributed by atoms with E-state index in [1.165, 1.54) is 0 Å². The maximum absolute atomic E-state index is 6.27. The Bertz CT molecular complexity index is 844. The SMILES string of the molecule is COc1cccc(-c2noc(/C(Cl)=C/c3ccc(Br)cc3)n2)c1. The first-order valence-corrected chi connectivity index (χ1v) is 7.94. The highest BCUT2D eigenvalue weighted by atomic mass is 79.9. The number of rotatable bonds is 4. The third-order valence-electron chi connectivity index (χ3n) is 3.12. The van der Waals surface area contributed by atoms with Gasteiger partial charge in [0.05, 0.1) is 7.11 Å². The number of hydrogen-bond donors (Lipinski definition) is 0. The second-order valence-corrected chi connectivity index (χ2v) is 6.02. The van der Waals surface area contributed by atoms with Crippen LogP contribution in [0, 0.1) is 0 Å². The lowest BCUT2D eigenvalue weighted by atomic mass is 10.2. The summed E-state index contributed by atoms with van der Waals surface area (Å²) in [5.74, 6) is 1.46. The zero-order valence-electron chi connectivity index (χ0n) is 12.2. The quantitative estimate of drug-likeness (QED) is 0.610. The van der Waals surface area contributed by atoms with Crippen LogP contribution < -0.4 is 4.74 Å². The minimum absolute atomic E-state index is 0.271. The number of methoxy groups -OCH3 is 1. The molecule has 23 heavy (non-hydrogen) atoms. The molecular formula is C17H12BrClN2O2. The van der Waals surface area contributed by atoms with Crippen LogP contribution >= 0.6 is 27.5 Å². The molecule has 3 aromatic rings. The number of hydrogen-bond acceptors (Lipinski definition) is 4. The van der Waals surface area contributed by atoms with E-state index in [4.69, 9.17) is 20.9 Å². The Hall–Kier alpha value is -2.11. The summed E-state index contributed by atoms with van der Waals surface area (Å²) in [6.07, 6.45) is 1.77. The smallest absolute Gasteiger partial charge is 0.269 e. The third kappa shape index (κ3) is 3.81. The molecule has 0 N–H and O–H groups in total. The van der Waals surface area contributed by atoms with E-state index in [-0.39, 0.29) is 5.89 Å². The van der Waals surface area contributed by atoms with Gasteiger partial charge in [-0.1, -0.05) is 57.0 Å². The summed E-state index contributed by atoms with van der Waals surface area (Å²) in [6.45, 7) is 0. The predicted molar refractivity (Wildman–Crippen MR) is 94.2 cm³/mol. The molecule has 3 rings (SSSR count). The Balaban J connectivity index is 1.87. The lowest BCUT2D eigenvalue weighted by Gasteiger charge is -1.99. The molecule has 0 aliphatic carbocycles. The van der Waals surface area contributed by atoms with E-state index < -0.39 is 0 Å². The standard InChI is InChI=1S/C17H12BrClN2O2/c1-22-14-4-2-3-12(10-14)16-20-17(23-21-16)15(19)9-11-5-7-13(18)8-6-11/h2-10H,1H3/b15-9-. The first kappa shape index (κ1) is 15.8. The van der Waals surface area contributed by atoms with Gasteiger partial charge in [-0.2, -0.15) is 4.98 Å². The van der Waals surface area contributed by atoms with Gasteiger partial charge >= 0.3 is 0 Å². The molecule has 116 valence electrons. The van der Waals surface area contributed by atoms with Crippen LogP contribution in [-0.4, -0.2) is 17.3 Å². The van der Waals surface area contributed by atoms with Crippen LogP contribution in [0.5, 0.6) is 5.75 Å². The fourth-order valence-corrected chi connectivity index (χ4v) is 2.43. The summed E-state index contributed by atoms with van der Waals surface area (Å²) in [5.41, 5.74) is 1.74. The molecule has 0 bridgehead atoms. The van der Waals surface area contributed by atoms with Gasteiger partial charge in [-0.05, 0) is 35.9 Å². The van der Waals surface area contributed by atoms with Crippen LogP contribution in [0.4, 0.5) is 0 Å². The molecule has 4 nitrogen and oxygen atoms in total. The molecule has 0 atom stereocenters. The highest BCUT2D eigenvalue weighted by Crippen LogP contribution is 2.26. The van der Waals surface area contributed by atoms with E-state index in [0.29, 0.717) is 10.9 Å². The van der Waals surface area contributed by atoms with Crippen molar-refractivity contribution in [2.75, 3.05) is 7.11 Å². The number of aromatic nitrogens is 2. The van der Waals surface area contributed by atoms with Crippen LogP contribution in [0.25, 0.3) is 22.5 Å². The average Bonchev–Trinajstić information content (AvgIpc) is 3.07. The Morgan fingerprint density at radius 3 is 2.74 bits per heavy atom. The lowest BCUT2D eigenvalue weighted by Crippen LogP contribution is -1.85. The van der Waals surface area contributed by atoms with E-state index in [1.807, 2.05) is 48.5 Å². The molecule has 0 unspecified atom stereocenters. The molecule has 0 radical (unpaired) electrons. The summed E-state index contributed by atoms with van der Waals surface area (Å²) in [6, 6.07) is 15.2. The van der Waals surface area contributed by atoms with Crippen molar-refractivity contribution in [3.63, 3.8) is 0 Å². The van der Waals surface area contributed by atoms with Crippen LogP contribution in [0.1, 0.15) is 11.5 Å². The van der Waals surface area contributed by atoms with E-state index in [1.54, 1.807) is 13.2 Å². The molecule has 2 aromatic carbocycles. The summed E-state index contributed by atoms with van der Waals surface area (Å²) < 4.78 is 11.4. The van der Waals surface area contributed by atoms with Crippen molar-refractivity contribution >= 4 is 38.6 Å². The third-order valence-corrected chi connectivity index (χ3v) is 3.92. The molecule has 0 fully saturated rings. The van der Waals surface area contributed by atoms with Gasteiger partial charge in [0.2, 0.25) is 5.82 Å². The van der Waals surface area contributed by atoms with Gasteiger partial charge in [-0.25, -0.2) is 0 Å². The molecule has 6 heteroatoms. The van der Waals surface area contributed by atoms with Gasteiger partial charge in [0.25, 0.3) is 5.89 Å². The van der Waals surface area contributed by atoms with Crippen LogP contribution in [0.3, 0.4) is 0 Å². The van der Waals surface area contributed by atoms with Gasteiger partial charge in [0, 0.05) is 10.0 Å². The van der Waals surface area contributed by atoms with Crippen molar-refractivity contribution in [1.29, 1.82) is 0 Å². The molecule has 0 amide bonds. The average molecular weight is 392 g/mol. The maximum Gasteiger partial charge on any atom is 0.269 e. The highest BCUT2D eigenvalue weighted by Gasteiger charge is 2.12. The van der Waals surface area contributed by atoms with Gasteiger partial charge in [0.15, 0.2) is 0 Å². The zero-order valence-corrected chi connectivity index (χ0v) is 14.5. The summed E-state index contributed by atoms with van der Waals surface area (Å²) in [7, 11) is 1.61. The first-order chi connectivity index (χ1) is 11.2. The normalized spacial score (nSPS) is 11.5. The Kier molecular flexibility index (Phi) is 4.79. The van der Waals surface area contributed by atoms with E-state index in [0.717, 1.165) is 21.3 Å². The topological polar surface area (TPSA) is 48.2 Å². The minimum atomic E-state index is 0.271. The number of halogens is 2.